The number of fused-ring (bicyclic) bond motifs is 6. The van der Waals surface area contributed by atoms with Crippen LogP contribution in [-0.4, -0.2) is 29.1 Å². The lowest BCUT2D eigenvalue weighted by Crippen LogP contribution is -2.15. The maximum Gasteiger partial charge on any atom is 0.0963 e. The molecule has 0 fully saturated rings. The summed E-state index contributed by atoms with van der Waals surface area (Å²) in [5.74, 6) is 0.771. The van der Waals surface area contributed by atoms with Crippen LogP contribution in [0.1, 0.15) is 41.3 Å². The van der Waals surface area contributed by atoms with E-state index in [-0.39, 0.29) is 0 Å². The predicted molar refractivity (Wildman–Crippen MR) is 216 cm³/mol. The molecule has 0 spiro atoms. The van der Waals surface area contributed by atoms with Gasteiger partial charge >= 0.3 is 0 Å². The van der Waals surface area contributed by atoms with Gasteiger partial charge in [0.05, 0.1) is 44.7 Å². The van der Waals surface area contributed by atoms with Gasteiger partial charge < -0.3 is 9.13 Å². The molecule has 256 valence electrons. The highest BCUT2D eigenvalue weighted by Crippen LogP contribution is 2.36. The molecule has 6 heteroatoms. The molecule has 0 radical (unpaired) electrons. The Morgan fingerprint density at radius 3 is 2.09 bits per heavy atom. The first-order valence-electron chi connectivity index (χ1n) is 18.6. The van der Waals surface area contributed by atoms with Crippen LogP contribution in [-0.2, 0) is 19.3 Å². The zero-order chi connectivity index (χ0) is 35.3. The number of para-hydroxylation sites is 1. The van der Waals surface area contributed by atoms with E-state index in [1.54, 1.807) is 0 Å². The Morgan fingerprint density at radius 1 is 0.642 bits per heavy atom. The number of allylic oxidation sites excluding steroid dienone is 5. The van der Waals surface area contributed by atoms with Crippen molar-refractivity contribution in [3.8, 4) is 17.1 Å². The van der Waals surface area contributed by atoms with Crippen LogP contribution in [0.15, 0.2) is 146 Å². The van der Waals surface area contributed by atoms with Crippen LogP contribution in [0, 0.1) is 11.8 Å². The summed E-state index contributed by atoms with van der Waals surface area (Å²) in [7, 11) is 0. The molecular weight excluding hydrogens is 649 g/mol. The van der Waals surface area contributed by atoms with Gasteiger partial charge in [-0.25, -0.2) is 0 Å². The standard InChI is InChI=1S/C47H38N6/c1-31-26-37(53-43-11-5-3-9-39(43)47-45(53)13-7-25-49-47)21-18-35(31)28-34-17-23-41(51-30-34)40-22-16-33(29-50-40)27-32-14-19-36(20-15-32)52-42-10-4-2-8-38(42)46-44(52)12-6-24-48-46/h3-7,9-26,29-31,35H,2,8,27-28H2,1H3. The van der Waals surface area contributed by atoms with E-state index < -0.39 is 0 Å². The van der Waals surface area contributed by atoms with Gasteiger partial charge in [0.15, 0.2) is 0 Å². The molecular formula is C47H38N6. The van der Waals surface area contributed by atoms with Gasteiger partial charge in [-0.05, 0) is 121 Å². The van der Waals surface area contributed by atoms with Crippen molar-refractivity contribution in [2.24, 2.45) is 11.8 Å². The summed E-state index contributed by atoms with van der Waals surface area (Å²) in [4.78, 5) is 19.1. The Bertz CT molecular complexity index is 2670. The average molecular weight is 687 g/mol. The Morgan fingerprint density at radius 2 is 1.34 bits per heavy atom. The molecule has 53 heavy (non-hydrogen) atoms. The summed E-state index contributed by atoms with van der Waals surface area (Å²) in [5, 5.41) is 1.18. The van der Waals surface area contributed by atoms with Gasteiger partial charge in [0, 0.05) is 47.1 Å². The van der Waals surface area contributed by atoms with E-state index in [1.165, 1.54) is 50.1 Å². The molecule has 0 saturated heterocycles. The quantitative estimate of drug-likeness (QED) is 0.167. The van der Waals surface area contributed by atoms with E-state index in [1.807, 2.05) is 36.9 Å². The first-order valence-corrected chi connectivity index (χ1v) is 18.6. The van der Waals surface area contributed by atoms with Crippen molar-refractivity contribution in [3.05, 3.63) is 174 Å². The first-order chi connectivity index (χ1) is 26.2. The van der Waals surface area contributed by atoms with Gasteiger partial charge in [0.2, 0.25) is 0 Å². The summed E-state index contributed by atoms with van der Waals surface area (Å²) >= 11 is 0. The van der Waals surface area contributed by atoms with E-state index in [0.29, 0.717) is 11.8 Å². The molecule has 2 aromatic carbocycles. The fourth-order valence-electron chi connectivity index (χ4n) is 8.28. The van der Waals surface area contributed by atoms with E-state index in [0.717, 1.165) is 59.3 Å². The Balaban J connectivity index is 0.808. The molecule has 2 aliphatic rings. The smallest absolute Gasteiger partial charge is 0.0963 e. The molecule has 2 aliphatic carbocycles. The summed E-state index contributed by atoms with van der Waals surface area (Å²) in [5.41, 5.74) is 16.1. The molecule has 0 aliphatic heterocycles. The molecule has 2 unspecified atom stereocenters. The lowest BCUT2D eigenvalue weighted by molar-refractivity contribution is 0.504. The highest BCUT2D eigenvalue weighted by atomic mass is 15.0. The number of pyridine rings is 4. The molecule has 0 amide bonds. The van der Waals surface area contributed by atoms with Crippen molar-refractivity contribution < 1.29 is 0 Å². The van der Waals surface area contributed by atoms with Gasteiger partial charge in [-0.1, -0.05) is 67.6 Å². The fourth-order valence-corrected chi connectivity index (χ4v) is 8.28. The third-order valence-corrected chi connectivity index (χ3v) is 11.0. The number of aromatic nitrogens is 6. The van der Waals surface area contributed by atoms with E-state index in [2.05, 4.69) is 131 Å². The van der Waals surface area contributed by atoms with Gasteiger partial charge in [0.1, 0.15) is 0 Å². The number of nitrogens with zero attached hydrogens (tertiary/aromatic N) is 6. The van der Waals surface area contributed by atoms with Crippen molar-refractivity contribution in [3.63, 3.8) is 0 Å². The molecule has 0 N–H and O–H groups in total. The second kappa shape index (κ2) is 13.0. The Hall–Kier alpha value is -6.40. The van der Waals surface area contributed by atoms with Crippen LogP contribution in [0.25, 0.3) is 61.8 Å². The van der Waals surface area contributed by atoms with E-state index in [9.17, 15) is 0 Å². The molecule has 6 aromatic heterocycles. The molecule has 2 atom stereocenters. The van der Waals surface area contributed by atoms with Crippen molar-refractivity contribution in [2.45, 2.75) is 32.6 Å². The number of hydrogen-bond donors (Lipinski definition) is 0. The molecule has 6 heterocycles. The minimum atomic E-state index is 0.376. The van der Waals surface area contributed by atoms with Crippen LogP contribution < -0.4 is 0 Å². The number of benzene rings is 2. The van der Waals surface area contributed by atoms with Gasteiger partial charge in [-0.15, -0.1) is 0 Å². The van der Waals surface area contributed by atoms with Crippen molar-refractivity contribution in [1.82, 2.24) is 29.1 Å². The SMILES string of the molecule is CC1C=C(n2c3ccccc3c3ncccc32)C=CC1Cc1ccc(-c2ccc(Cc3ccc(-n4c5c(c6ncccc64)CCC=C5)cc3)cn2)nc1. The highest BCUT2D eigenvalue weighted by molar-refractivity contribution is 6.08. The molecule has 0 saturated carbocycles. The van der Waals surface area contributed by atoms with E-state index >= 15 is 0 Å². The van der Waals surface area contributed by atoms with Gasteiger partial charge in [-0.3, -0.25) is 19.9 Å². The normalized spacial score (nSPS) is 16.7. The van der Waals surface area contributed by atoms with Crippen LogP contribution in [0.5, 0.6) is 0 Å². The Labute approximate surface area is 308 Å². The third-order valence-electron chi connectivity index (χ3n) is 11.0. The zero-order valence-electron chi connectivity index (χ0n) is 29.6. The van der Waals surface area contributed by atoms with Crippen molar-refractivity contribution in [2.75, 3.05) is 0 Å². The summed E-state index contributed by atoms with van der Waals surface area (Å²) < 4.78 is 4.69. The molecule has 8 aromatic rings. The van der Waals surface area contributed by atoms with Gasteiger partial charge in [0.25, 0.3) is 0 Å². The second-order valence-electron chi connectivity index (χ2n) is 14.4. The maximum absolute atomic E-state index is 4.84. The zero-order valence-corrected chi connectivity index (χ0v) is 29.6. The largest absolute Gasteiger partial charge is 0.308 e. The van der Waals surface area contributed by atoms with Crippen LogP contribution in [0.3, 0.4) is 0 Å². The third kappa shape index (κ3) is 5.58. The van der Waals surface area contributed by atoms with Crippen LogP contribution >= 0.6 is 0 Å². The highest BCUT2D eigenvalue weighted by Gasteiger charge is 2.22. The number of hydrogen-bond acceptors (Lipinski definition) is 4. The number of rotatable bonds is 7. The monoisotopic (exact) mass is 686 g/mol. The van der Waals surface area contributed by atoms with Crippen molar-refractivity contribution in [1.29, 1.82) is 0 Å². The summed E-state index contributed by atoms with van der Waals surface area (Å²) in [6.07, 6.45) is 23.2. The Kier molecular flexibility index (Phi) is 7.68. The predicted octanol–water partition coefficient (Wildman–Crippen LogP) is 10.4. The molecule has 0 bridgehead atoms. The maximum atomic E-state index is 4.84. The van der Waals surface area contributed by atoms with Crippen LogP contribution in [0.4, 0.5) is 0 Å². The average Bonchev–Trinajstić information content (AvgIpc) is 3.73. The minimum Gasteiger partial charge on any atom is -0.308 e. The lowest BCUT2D eigenvalue weighted by atomic mass is 9.84. The topological polar surface area (TPSA) is 61.4 Å². The first kappa shape index (κ1) is 31.3. The van der Waals surface area contributed by atoms with Gasteiger partial charge in [-0.2, -0.15) is 0 Å². The minimum absolute atomic E-state index is 0.376. The lowest BCUT2D eigenvalue weighted by Gasteiger charge is -2.24. The second-order valence-corrected chi connectivity index (χ2v) is 14.4. The summed E-state index contributed by atoms with van der Waals surface area (Å²) in [6.45, 7) is 2.31. The van der Waals surface area contributed by atoms with Crippen molar-refractivity contribution >= 4 is 44.7 Å². The van der Waals surface area contributed by atoms with E-state index in [4.69, 9.17) is 19.9 Å². The number of aryl methyl sites for hydroxylation is 1. The fraction of sp³-hybridized carbons (Fsp3) is 0.149. The summed E-state index contributed by atoms with van der Waals surface area (Å²) in [6, 6.07) is 34.4. The molecule has 6 nitrogen and oxygen atoms in total. The molecule has 10 rings (SSSR count). The van der Waals surface area contributed by atoms with Crippen LogP contribution in [0.2, 0.25) is 0 Å².